The molecular formula is C23H22FN5OS. The van der Waals surface area contributed by atoms with Gasteiger partial charge in [-0.25, -0.2) is 4.39 Å². The Kier molecular flexibility index (Phi) is 5.23. The van der Waals surface area contributed by atoms with Gasteiger partial charge in [-0.05, 0) is 36.8 Å². The fraction of sp³-hybridized carbons (Fsp3) is 0.261. The zero-order chi connectivity index (χ0) is 21.4. The maximum atomic E-state index is 14.0. The van der Waals surface area contributed by atoms with Crippen LogP contribution in [0.25, 0.3) is 16.6 Å². The number of halogens is 1. The molecule has 3 heterocycles. The van der Waals surface area contributed by atoms with Gasteiger partial charge in [-0.3, -0.25) is 9.20 Å². The largest absolute Gasteiger partial charge is 0.366 e. The molecule has 0 radical (unpaired) electrons. The van der Waals surface area contributed by atoms with Crippen molar-refractivity contribution in [3.05, 3.63) is 66.0 Å². The summed E-state index contributed by atoms with van der Waals surface area (Å²) in [4.78, 5) is 16.6. The molecule has 1 saturated heterocycles. The number of hydrogen-bond donors (Lipinski definition) is 0. The van der Waals surface area contributed by atoms with E-state index >= 15 is 0 Å². The summed E-state index contributed by atoms with van der Waals surface area (Å²) >= 11 is 1.40. The number of carbonyl (C=O) groups is 1. The van der Waals surface area contributed by atoms with Crippen molar-refractivity contribution in [2.45, 2.75) is 12.1 Å². The standard InChI is InChI=1S/C23H22FN5OS/c1-16-14-21-25-26-23(29(21)19-8-4-2-6-17(16)19)31-15-22(30)28-12-10-27(11-13-28)20-9-5-3-7-18(20)24/h2-9,14H,10-13,15H2,1H3. The van der Waals surface area contributed by atoms with Gasteiger partial charge in [-0.1, -0.05) is 42.1 Å². The van der Waals surface area contributed by atoms with Crippen molar-refractivity contribution in [2.24, 2.45) is 0 Å². The Bertz CT molecular complexity index is 1270. The van der Waals surface area contributed by atoms with Crippen LogP contribution < -0.4 is 4.90 Å². The lowest BCUT2D eigenvalue weighted by Crippen LogP contribution is -2.49. The molecule has 1 aliphatic rings. The minimum atomic E-state index is -0.223. The summed E-state index contributed by atoms with van der Waals surface area (Å²) in [6.45, 7) is 4.46. The van der Waals surface area contributed by atoms with Crippen LogP contribution in [0.1, 0.15) is 5.56 Å². The van der Waals surface area contributed by atoms with E-state index in [4.69, 9.17) is 0 Å². The number of carbonyl (C=O) groups excluding carboxylic acids is 1. The van der Waals surface area contributed by atoms with Crippen molar-refractivity contribution in [2.75, 3.05) is 36.8 Å². The lowest BCUT2D eigenvalue weighted by Gasteiger charge is -2.36. The third-order valence-corrected chi connectivity index (χ3v) is 6.64. The summed E-state index contributed by atoms with van der Waals surface area (Å²) < 4.78 is 16.0. The highest BCUT2D eigenvalue weighted by Crippen LogP contribution is 2.26. The maximum Gasteiger partial charge on any atom is 0.233 e. The highest BCUT2D eigenvalue weighted by Gasteiger charge is 2.23. The fourth-order valence-corrected chi connectivity index (χ4v) is 4.95. The highest BCUT2D eigenvalue weighted by molar-refractivity contribution is 7.99. The molecule has 0 spiro atoms. The number of anilines is 1. The molecule has 4 aromatic rings. The number of nitrogens with zero attached hydrogens (tertiary/aromatic N) is 5. The monoisotopic (exact) mass is 435 g/mol. The van der Waals surface area contributed by atoms with Gasteiger partial charge < -0.3 is 9.80 Å². The van der Waals surface area contributed by atoms with Gasteiger partial charge in [0.25, 0.3) is 0 Å². The summed E-state index contributed by atoms with van der Waals surface area (Å²) in [5, 5.41) is 10.5. The first-order valence-electron chi connectivity index (χ1n) is 10.3. The fourth-order valence-electron chi connectivity index (χ4n) is 4.09. The molecule has 0 bridgehead atoms. The predicted octanol–water partition coefficient (Wildman–Crippen LogP) is 3.77. The number of fused-ring (bicyclic) bond motifs is 3. The topological polar surface area (TPSA) is 53.7 Å². The van der Waals surface area contributed by atoms with Crippen LogP contribution in [0.2, 0.25) is 0 Å². The summed E-state index contributed by atoms with van der Waals surface area (Å²) in [5.74, 6) is 0.133. The van der Waals surface area contributed by atoms with E-state index in [2.05, 4.69) is 23.2 Å². The smallest absolute Gasteiger partial charge is 0.233 e. The van der Waals surface area contributed by atoms with Crippen molar-refractivity contribution in [3.8, 4) is 0 Å². The Labute approximate surface area is 183 Å². The second-order valence-corrected chi connectivity index (χ2v) is 8.57. The molecule has 0 atom stereocenters. The Balaban J connectivity index is 1.27. The Morgan fingerprint density at radius 1 is 1.03 bits per heavy atom. The van der Waals surface area contributed by atoms with E-state index in [-0.39, 0.29) is 11.7 Å². The van der Waals surface area contributed by atoms with E-state index in [1.807, 2.05) is 44.5 Å². The second kappa shape index (κ2) is 8.19. The van der Waals surface area contributed by atoms with Crippen LogP contribution in [0.4, 0.5) is 10.1 Å². The highest BCUT2D eigenvalue weighted by atomic mass is 32.2. The van der Waals surface area contributed by atoms with Gasteiger partial charge >= 0.3 is 0 Å². The average molecular weight is 436 g/mol. The third kappa shape index (κ3) is 3.72. The number of benzene rings is 2. The van der Waals surface area contributed by atoms with Crippen LogP contribution in [-0.2, 0) is 4.79 Å². The van der Waals surface area contributed by atoms with Gasteiger partial charge in [0.2, 0.25) is 5.91 Å². The molecule has 158 valence electrons. The molecule has 0 saturated carbocycles. The zero-order valence-electron chi connectivity index (χ0n) is 17.2. The van der Waals surface area contributed by atoms with Crippen LogP contribution in [0.3, 0.4) is 0 Å². The van der Waals surface area contributed by atoms with E-state index in [1.54, 1.807) is 12.1 Å². The number of rotatable bonds is 4. The molecule has 1 fully saturated rings. The molecule has 6 nitrogen and oxygen atoms in total. The molecule has 0 N–H and O–H groups in total. The SMILES string of the molecule is Cc1cc2nnc(SCC(=O)N3CCN(c4ccccc4F)CC3)n2c2ccccc12. The van der Waals surface area contributed by atoms with Gasteiger partial charge in [-0.15, -0.1) is 10.2 Å². The number of aryl methyl sites for hydroxylation is 1. The van der Waals surface area contributed by atoms with Gasteiger partial charge in [0.05, 0.1) is 17.0 Å². The Morgan fingerprint density at radius 3 is 2.58 bits per heavy atom. The number of piperazine rings is 1. The minimum Gasteiger partial charge on any atom is -0.366 e. The summed E-state index contributed by atoms with van der Waals surface area (Å²) in [6, 6.07) is 16.9. The number of aromatic nitrogens is 3. The van der Waals surface area contributed by atoms with E-state index in [0.717, 1.165) is 22.1 Å². The van der Waals surface area contributed by atoms with Gasteiger partial charge in [0.15, 0.2) is 10.8 Å². The van der Waals surface area contributed by atoms with Crippen molar-refractivity contribution in [1.29, 1.82) is 0 Å². The first-order chi connectivity index (χ1) is 15.1. The minimum absolute atomic E-state index is 0.0614. The zero-order valence-corrected chi connectivity index (χ0v) is 18.0. The molecule has 0 unspecified atom stereocenters. The third-order valence-electron chi connectivity index (χ3n) is 5.72. The van der Waals surface area contributed by atoms with Crippen molar-refractivity contribution < 1.29 is 9.18 Å². The molecule has 31 heavy (non-hydrogen) atoms. The number of hydrogen-bond acceptors (Lipinski definition) is 5. The molecule has 8 heteroatoms. The predicted molar refractivity (Wildman–Crippen MR) is 121 cm³/mol. The first-order valence-corrected chi connectivity index (χ1v) is 11.2. The van der Waals surface area contributed by atoms with Crippen LogP contribution >= 0.6 is 11.8 Å². The molecular weight excluding hydrogens is 413 g/mol. The Hall–Kier alpha value is -3.13. The average Bonchev–Trinajstić information content (AvgIpc) is 3.21. The number of pyridine rings is 1. The molecule has 0 aliphatic carbocycles. The van der Waals surface area contributed by atoms with Crippen LogP contribution in [0.5, 0.6) is 0 Å². The lowest BCUT2D eigenvalue weighted by molar-refractivity contribution is -0.128. The van der Waals surface area contributed by atoms with E-state index in [9.17, 15) is 9.18 Å². The van der Waals surface area contributed by atoms with Gasteiger partial charge in [-0.2, -0.15) is 0 Å². The second-order valence-electron chi connectivity index (χ2n) is 7.63. The number of para-hydroxylation sites is 2. The normalized spacial score (nSPS) is 14.5. The first kappa shape index (κ1) is 19.8. The van der Waals surface area contributed by atoms with Crippen LogP contribution in [-0.4, -0.2) is 57.3 Å². The van der Waals surface area contributed by atoms with E-state index in [0.29, 0.717) is 42.8 Å². The number of amides is 1. The molecule has 2 aromatic carbocycles. The number of thioether (sulfide) groups is 1. The summed E-state index contributed by atoms with van der Waals surface area (Å²) in [5.41, 5.74) is 3.57. The summed E-state index contributed by atoms with van der Waals surface area (Å²) in [6.07, 6.45) is 0. The van der Waals surface area contributed by atoms with Gasteiger partial charge in [0.1, 0.15) is 5.82 Å². The van der Waals surface area contributed by atoms with Gasteiger partial charge in [0, 0.05) is 31.6 Å². The maximum absolute atomic E-state index is 14.0. The Morgan fingerprint density at radius 2 is 1.77 bits per heavy atom. The van der Waals surface area contributed by atoms with Crippen molar-refractivity contribution >= 4 is 39.9 Å². The quantitative estimate of drug-likeness (QED) is 0.457. The van der Waals surface area contributed by atoms with E-state index < -0.39 is 0 Å². The van der Waals surface area contributed by atoms with Crippen molar-refractivity contribution in [1.82, 2.24) is 19.5 Å². The molecule has 5 rings (SSSR count). The molecule has 1 aliphatic heterocycles. The van der Waals surface area contributed by atoms with E-state index in [1.165, 1.54) is 17.8 Å². The van der Waals surface area contributed by atoms with Crippen LogP contribution in [0, 0.1) is 12.7 Å². The van der Waals surface area contributed by atoms with Crippen molar-refractivity contribution in [3.63, 3.8) is 0 Å². The van der Waals surface area contributed by atoms with Crippen LogP contribution in [0.15, 0.2) is 59.8 Å². The molecule has 1 amide bonds. The molecule has 2 aromatic heterocycles. The summed E-state index contributed by atoms with van der Waals surface area (Å²) in [7, 11) is 0. The lowest BCUT2D eigenvalue weighted by atomic mass is 10.1.